The summed E-state index contributed by atoms with van der Waals surface area (Å²) in [6.07, 6.45) is 5.41. The molecule has 0 spiro atoms. The highest BCUT2D eigenvalue weighted by molar-refractivity contribution is 6.00. The van der Waals surface area contributed by atoms with E-state index in [9.17, 15) is 14.4 Å². The second-order valence-corrected chi connectivity index (χ2v) is 10.7. The van der Waals surface area contributed by atoms with Crippen molar-refractivity contribution in [3.8, 4) is 5.75 Å². The third kappa shape index (κ3) is 5.37. The lowest BCUT2D eigenvalue weighted by atomic mass is 9.94. The van der Waals surface area contributed by atoms with E-state index in [1.807, 2.05) is 4.90 Å². The number of carbonyl (C=O) groups excluding carboxylic acids is 3. The molecule has 9 heteroatoms. The van der Waals surface area contributed by atoms with Crippen LogP contribution in [0.3, 0.4) is 0 Å². The number of ether oxygens (including phenoxy) is 2. The van der Waals surface area contributed by atoms with E-state index in [0.29, 0.717) is 30.0 Å². The van der Waals surface area contributed by atoms with Gasteiger partial charge >= 0.3 is 0 Å². The van der Waals surface area contributed by atoms with Crippen LogP contribution in [0.5, 0.6) is 5.75 Å². The minimum atomic E-state index is -0.298. The molecule has 3 amide bonds. The van der Waals surface area contributed by atoms with Gasteiger partial charge in [0.1, 0.15) is 18.5 Å². The number of likely N-dealkylation sites (N-methyl/N-ethyl adjacent to an activating group) is 2. The Morgan fingerprint density at radius 2 is 1.78 bits per heavy atom. The normalized spacial score (nSPS) is 27.5. The van der Waals surface area contributed by atoms with E-state index in [2.05, 4.69) is 17.3 Å². The Labute approximate surface area is 213 Å². The number of fused-ring (bicyclic) bond motifs is 2. The molecule has 0 aromatic heterocycles. The van der Waals surface area contributed by atoms with E-state index < -0.39 is 0 Å². The first-order valence-electron chi connectivity index (χ1n) is 13.4. The molecule has 1 saturated carbocycles. The molecule has 1 aliphatic carbocycles. The van der Waals surface area contributed by atoms with Gasteiger partial charge in [-0.25, -0.2) is 0 Å². The fourth-order valence-electron chi connectivity index (χ4n) is 5.92. The zero-order chi connectivity index (χ0) is 25.2. The molecule has 3 fully saturated rings. The van der Waals surface area contributed by atoms with Gasteiger partial charge in [-0.2, -0.15) is 0 Å². The standard InChI is InChI=1S/C27H38N4O5/c1-29-11-13-31(14-12-29)25(32)16-20-8-9-22-24(36-20)17-35-23-10-7-19(15-21(23)27(34)30(22)2)28-26(33)18-5-3-4-6-18/h7,10,15,18,20,22,24H,3-6,8-9,11-14,16-17H2,1-2H3,(H,28,33)/t20-,22+,24+/m0/s1. The lowest BCUT2D eigenvalue weighted by Crippen LogP contribution is -2.54. The van der Waals surface area contributed by atoms with Crippen LogP contribution in [0.15, 0.2) is 18.2 Å². The van der Waals surface area contributed by atoms with Gasteiger partial charge in [0.15, 0.2) is 0 Å². The number of hydrogen-bond donors (Lipinski definition) is 1. The van der Waals surface area contributed by atoms with Crippen molar-refractivity contribution in [3.63, 3.8) is 0 Å². The molecule has 3 heterocycles. The summed E-state index contributed by atoms with van der Waals surface area (Å²) < 4.78 is 12.4. The topological polar surface area (TPSA) is 91.4 Å². The maximum Gasteiger partial charge on any atom is 0.257 e. The Bertz CT molecular complexity index is 986. The number of carbonyl (C=O) groups is 3. The quantitative estimate of drug-likeness (QED) is 0.685. The van der Waals surface area contributed by atoms with E-state index in [0.717, 1.165) is 64.7 Å². The Morgan fingerprint density at radius 3 is 2.53 bits per heavy atom. The van der Waals surface area contributed by atoms with Crippen LogP contribution in [0.1, 0.15) is 55.3 Å². The van der Waals surface area contributed by atoms with Crippen LogP contribution in [0.4, 0.5) is 5.69 Å². The first-order valence-corrected chi connectivity index (χ1v) is 13.4. The predicted molar refractivity (Wildman–Crippen MR) is 135 cm³/mol. The van der Waals surface area contributed by atoms with Gasteiger partial charge in [0.2, 0.25) is 11.8 Å². The number of nitrogens with one attached hydrogen (secondary N) is 1. The van der Waals surface area contributed by atoms with Crippen molar-refractivity contribution in [3.05, 3.63) is 23.8 Å². The third-order valence-electron chi connectivity index (χ3n) is 8.26. The van der Waals surface area contributed by atoms with Crippen LogP contribution in [-0.4, -0.2) is 97.6 Å². The molecule has 0 bridgehead atoms. The molecule has 9 nitrogen and oxygen atoms in total. The van der Waals surface area contributed by atoms with Gasteiger partial charge in [-0.15, -0.1) is 0 Å². The third-order valence-corrected chi connectivity index (χ3v) is 8.26. The summed E-state index contributed by atoms with van der Waals surface area (Å²) in [5.74, 6) is 0.562. The Kier molecular flexibility index (Phi) is 7.48. The van der Waals surface area contributed by atoms with Gasteiger partial charge in [-0.3, -0.25) is 14.4 Å². The fourth-order valence-corrected chi connectivity index (χ4v) is 5.92. The summed E-state index contributed by atoms with van der Waals surface area (Å²) in [5, 5.41) is 2.99. The first-order chi connectivity index (χ1) is 17.4. The number of piperazine rings is 1. The maximum absolute atomic E-state index is 13.4. The molecule has 3 aliphatic heterocycles. The summed E-state index contributed by atoms with van der Waals surface area (Å²) in [6.45, 7) is 3.62. The number of amides is 3. The van der Waals surface area contributed by atoms with Gasteiger partial charge in [0.25, 0.3) is 5.91 Å². The minimum Gasteiger partial charge on any atom is -0.490 e. The molecule has 4 aliphatic rings. The van der Waals surface area contributed by atoms with Crippen molar-refractivity contribution in [2.75, 3.05) is 52.2 Å². The molecule has 36 heavy (non-hydrogen) atoms. The lowest BCUT2D eigenvalue weighted by Gasteiger charge is -2.42. The van der Waals surface area contributed by atoms with E-state index in [1.54, 1.807) is 30.1 Å². The second kappa shape index (κ2) is 10.8. The number of hydrogen-bond acceptors (Lipinski definition) is 6. The molecular weight excluding hydrogens is 460 g/mol. The summed E-state index contributed by atoms with van der Waals surface area (Å²) in [7, 11) is 3.88. The van der Waals surface area contributed by atoms with Gasteiger partial charge < -0.3 is 29.5 Å². The van der Waals surface area contributed by atoms with Gasteiger partial charge in [-0.05, 0) is 50.9 Å². The van der Waals surface area contributed by atoms with E-state index in [1.165, 1.54) is 0 Å². The van der Waals surface area contributed by atoms with Crippen LogP contribution >= 0.6 is 0 Å². The Balaban J connectivity index is 1.23. The van der Waals surface area contributed by atoms with Crippen molar-refractivity contribution in [2.24, 2.45) is 5.92 Å². The van der Waals surface area contributed by atoms with Crippen LogP contribution in [-0.2, 0) is 14.3 Å². The van der Waals surface area contributed by atoms with Crippen LogP contribution in [0, 0.1) is 5.92 Å². The van der Waals surface area contributed by atoms with Crippen molar-refractivity contribution >= 4 is 23.4 Å². The van der Waals surface area contributed by atoms with Crippen LogP contribution < -0.4 is 10.1 Å². The smallest absolute Gasteiger partial charge is 0.257 e. The summed E-state index contributed by atoms with van der Waals surface area (Å²) in [5.41, 5.74) is 1.07. The number of anilines is 1. The Hall–Kier alpha value is -2.65. The van der Waals surface area contributed by atoms with Gasteiger partial charge in [0.05, 0.1) is 24.1 Å². The molecule has 0 unspecified atom stereocenters. The molecular formula is C27H38N4O5. The monoisotopic (exact) mass is 498 g/mol. The molecule has 2 saturated heterocycles. The number of benzene rings is 1. The van der Waals surface area contributed by atoms with E-state index in [4.69, 9.17) is 9.47 Å². The van der Waals surface area contributed by atoms with Crippen LogP contribution in [0.2, 0.25) is 0 Å². The summed E-state index contributed by atoms with van der Waals surface area (Å²) >= 11 is 0. The molecule has 3 atom stereocenters. The molecule has 1 aromatic rings. The van der Waals surface area contributed by atoms with Gasteiger partial charge in [0, 0.05) is 44.8 Å². The van der Waals surface area contributed by atoms with Crippen LogP contribution in [0.25, 0.3) is 0 Å². The van der Waals surface area contributed by atoms with Crippen molar-refractivity contribution in [1.82, 2.24) is 14.7 Å². The summed E-state index contributed by atoms with van der Waals surface area (Å²) in [6, 6.07) is 5.14. The van der Waals surface area contributed by atoms with E-state index >= 15 is 0 Å². The fraction of sp³-hybridized carbons (Fsp3) is 0.667. The molecule has 0 radical (unpaired) electrons. The largest absolute Gasteiger partial charge is 0.490 e. The SMILES string of the molecule is CN1CCN(C(=O)C[C@@H]2CC[C@@H]3[C@@H](COc4ccc(NC(=O)C5CCCC5)cc4C(=O)N3C)O2)CC1. The van der Waals surface area contributed by atoms with Crippen molar-refractivity contribution in [1.29, 1.82) is 0 Å². The maximum atomic E-state index is 13.4. The predicted octanol–water partition coefficient (Wildman–Crippen LogP) is 2.36. The lowest BCUT2D eigenvalue weighted by molar-refractivity contribution is -0.144. The highest BCUT2D eigenvalue weighted by Gasteiger charge is 2.39. The summed E-state index contributed by atoms with van der Waals surface area (Å²) in [4.78, 5) is 44.8. The number of rotatable bonds is 4. The zero-order valence-electron chi connectivity index (χ0n) is 21.4. The average molecular weight is 499 g/mol. The van der Waals surface area contributed by atoms with Crippen molar-refractivity contribution < 1.29 is 23.9 Å². The second-order valence-electron chi connectivity index (χ2n) is 10.7. The average Bonchev–Trinajstić information content (AvgIpc) is 3.42. The van der Waals surface area contributed by atoms with Gasteiger partial charge in [-0.1, -0.05) is 12.8 Å². The highest BCUT2D eigenvalue weighted by atomic mass is 16.5. The molecule has 5 rings (SSSR count). The highest BCUT2D eigenvalue weighted by Crippen LogP contribution is 2.33. The first kappa shape index (κ1) is 25.0. The Morgan fingerprint density at radius 1 is 1.03 bits per heavy atom. The van der Waals surface area contributed by atoms with Crippen molar-refractivity contribution in [2.45, 2.75) is 63.2 Å². The molecule has 1 N–H and O–H groups in total. The number of nitrogens with zero attached hydrogens (tertiary/aromatic N) is 3. The zero-order valence-corrected chi connectivity index (χ0v) is 21.4. The van der Waals surface area contributed by atoms with E-state index in [-0.39, 0.29) is 41.9 Å². The molecule has 196 valence electrons. The molecule has 1 aromatic carbocycles. The minimum absolute atomic E-state index is 0.0259.